The second-order valence-electron chi connectivity index (χ2n) is 3.78. The third kappa shape index (κ3) is 3.29. The molecule has 1 amide bonds. The number of hydrogen-bond donors (Lipinski definition) is 2. The van der Waals surface area contributed by atoms with Crippen LogP contribution in [0.15, 0.2) is 24.4 Å². The summed E-state index contributed by atoms with van der Waals surface area (Å²) in [5.74, 6) is -2.26. The number of carbonyl (C=O) groups is 2. The molecule has 0 fully saturated rings. The van der Waals surface area contributed by atoms with Crippen LogP contribution in [0.25, 0.3) is 0 Å². The number of carboxylic acids is 1. The number of benzene rings is 1. The van der Waals surface area contributed by atoms with E-state index in [1.165, 1.54) is 6.07 Å². The first-order chi connectivity index (χ1) is 9.45. The van der Waals surface area contributed by atoms with Crippen molar-refractivity contribution in [2.45, 2.75) is 6.54 Å². The summed E-state index contributed by atoms with van der Waals surface area (Å²) in [5.41, 5.74) is -0.0192. The third-order valence-corrected chi connectivity index (χ3v) is 2.58. The van der Waals surface area contributed by atoms with Gasteiger partial charge in [0.15, 0.2) is 5.69 Å². The average molecular weight is 299 g/mol. The van der Waals surface area contributed by atoms with Crippen molar-refractivity contribution < 1.29 is 19.1 Å². The SMILES string of the molecule is O=C(Cn1cc(C(=O)O)nn1)Nc1ccc(F)cc1Cl. The molecule has 0 unspecified atom stereocenters. The molecule has 104 valence electrons. The Balaban J connectivity index is 2.03. The second-order valence-corrected chi connectivity index (χ2v) is 4.19. The van der Waals surface area contributed by atoms with Gasteiger partial charge < -0.3 is 10.4 Å². The minimum Gasteiger partial charge on any atom is -0.476 e. The van der Waals surface area contributed by atoms with E-state index in [9.17, 15) is 14.0 Å². The smallest absolute Gasteiger partial charge is 0.358 e. The molecule has 9 heteroatoms. The van der Waals surface area contributed by atoms with Gasteiger partial charge in [0.05, 0.1) is 16.9 Å². The quantitative estimate of drug-likeness (QED) is 0.889. The van der Waals surface area contributed by atoms with E-state index in [0.717, 1.165) is 23.0 Å². The Morgan fingerprint density at radius 3 is 2.80 bits per heavy atom. The Kier molecular flexibility index (Phi) is 3.94. The molecule has 1 heterocycles. The molecule has 0 spiro atoms. The highest BCUT2D eigenvalue weighted by atomic mass is 35.5. The molecule has 0 aliphatic rings. The average Bonchev–Trinajstić information content (AvgIpc) is 2.81. The fraction of sp³-hybridized carbons (Fsp3) is 0.0909. The summed E-state index contributed by atoms with van der Waals surface area (Å²) in [6.07, 6.45) is 1.12. The Morgan fingerprint density at radius 1 is 1.45 bits per heavy atom. The summed E-state index contributed by atoms with van der Waals surface area (Å²) in [5, 5.41) is 18.0. The van der Waals surface area contributed by atoms with E-state index in [0.29, 0.717) is 0 Å². The van der Waals surface area contributed by atoms with Gasteiger partial charge in [0.25, 0.3) is 0 Å². The number of halogens is 2. The van der Waals surface area contributed by atoms with E-state index in [1.54, 1.807) is 0 Å². The van der Waals surface area contributed by atoms with Crippen LogP contribution in [-0.2, 0) is 11.3 Å². The number of carbonyl (C=O) groups excluding carboxylic acids is 1. The van der Waals surface area contributed by atoms with E-state index < -0.39 is 17.7 Å². The Bertz CT molecular complexity index is 673. The third-order valence-electron chi connectivity index (χ3n) is 2.27. The number of anilines is 1. The zero-order valence-corrected chi connectivity index (χ0v) is 10.6. The summed E-state index contributed by atoms with van der Waals surface area (Å²) in [4.78, 5) is 22.3. The highest BCUT2D eigenvalue weighted by molar-refractivity contribution is 6.33. The summed E-state index contributed by atoms with van der Waals surface area (Å²) < 4.78 is 13.9. The first-order valence-corrected chi connectivity index (χ1v) is 5.72. The predicted octanol–water partition coefficient (Wildman–Crippen LogP) is 1.41. The molecule has 7 nitrogen and oxygen atoms in total. The number of nitrogens with zero attached hydrogens (tertiary/aromatic N) is 3. The van der Waals surface area contributed by atoms with Crippen molar-refractivity contribution in [3.05, 3.63) is 40.9 Å². The molecule has 0 bridgehead atoms. The predicted molar refractivity (Wildman–Crippen MR) is 67.0 cm³/mol. The molecular weight excluding hydrogens is 291 g/mol. The Hall–Kier alpha value is -2.48. The summed E-state index contributed by atoms with van der Waals surface area (Å²) in [6, 6.07) is 3.54. The topological polar surface area (TPSA) is 97.1 Å². The largest absolute Gasteiger partial charge is 0.476 e. The molecule has 20 heavy (non-hydrogen) atoms. The van der Waals surface area contributed by atoms with Crippen LogP contribution in [0.3, 0.4) is 0 Å². The van der Waals surface area contributed by atoms with Crippen LogP contribution in [0.1, 0.15) is 10.5 Å². The first kappa shape index (κ1) is 13.9. The zero-order chi connectivity index (χ0) is 14.7. The lowest BCUT2D eigenvalue weighted by Gasteiger charge is -2.06. The van der Waals surface area contributed by atoms with Crippen LogP contribution < -0.4 is 5.32 Å². The molecule has 0 saturated carbocycles. The minimum atomic E-state index is -1.24. The van der Waals surface area contributed by atoms with Crippen molar-refractivity contribution in [3.63, 3.8) is 0 Å². The molecule has 2 aromatic rings. The number of aromatic carboxylic acids is 1. The molecular formula is C11H8ClFN4O3. The fourth-order valence-corrected chi connectivity index (χ4v) is 1.62. The maximum absolute atomic E-state index is 12.8. The zero-order valence-electron chi connectivity index (χ0n) is 9.88. The van der Waals surface area contributed by atoms with Crippen molar-refractivity contribution in [3.8, 4) is 0 Å². The van der Waals surface area contributed by atoms with E-state index in [4.69, 9.17) is 16.7 Å². The summed E-state index contributed by atoms with van der Waals surface area (Å²) in [7, 11) is 0. The molecule has 2 N–H and O–H groups in total. The van der Waals surface area contributed by atoms with E-state index in [-0.39, 0.29) is 22.9 Å². The van der Waals surface area contributed by atoms with E-state index in [1.807, 2.05) is 0 Å². The molecule has 1 aromatic heterocycles. The molecule has 2 rings (SSSR count). The molecule has 1 aromatic carbocycles. The lowest BCUT2D eigenvalue weighted by molar-refractivity contribution is -0.116. The molecule has 0 aliphatic heterocycles. The summed E-state index contributed by atoms with van der Waals surface area (Å²) in [6.45, 7) is -0.242. The number of carboxylic acid groups (broad SMARTS) is 1. The Morgan fingerprint density at radius 2 is 2.20 bits per heavy atom. The fourth-order valence-electron chi connectivity index (χ4n) is 1.40. The van der Waals surface area contributed by atoms with Crippen molar-refractivity contribution in [2.24, 2.45) is 0 Å². The molecule has 0 atom stereocenters. The van der Waals surface area contributed by atoms with Crippen LogP contribution in [0.4, 0.5) is 10.1 Å². The van der Waals surface area contributed by atoms with Gasteiger partial charge in [0.1, 0.15) is 12.4 Å². The number of amides is 1. The normalized spacial score (nSPS) is 10.3. The van der Waals surface area contributed by atoms with Crippen LogP contribution in [0.2, 0.25) is 5.02 Å². The maximum Gasteiger partial charge on any atom is 0.358 e. The van der Waals surface area contributed by atoms with Gasteiger partial charge in [0, 0.05) is 0 Å². The van der Waals surface area contributed by atoms with Gasteiger partial charge in [-0.05, 0) is 18.2 Å². The van der Waals surface area contributed by atoms with Gasteiger partial charge in [-0.1, -0.05) is 16.8 Å². The second kappa shape index (κ2) is 5.66. The van der Waals surface area contributed by atoms with Crippen molar-refractivity contribution in [1.29, 1.82) is 0 Å². The molecule has 0 aliphatic carbocycles. The number of rotatable bonds is 4. The Labute approximate surface area is 117 Å². The van der Waals surface area contributed by atoms with Crippen molar-refractivity contribution in [1.82, 2.24) is 15.0 Å². The van der Waals surface area contributed by atoms with Crippen LogP contribution in [0.5, 0.6) is 0 Å². The highest BCUT2D eigenvalue weighted by Crippen LogP contribution is 2.22. The number of nitrogens with one attached hydrogen (secondary N) is 1. The van der Waals surface area contributed by atoms with Crippen molar-refractivity contribution >= 4 is 29.2 Å². The lowest BCUT2D eigenvalue weighted by Crippen LogP contribution is -2.19. The van der Waals surface area contributed by atoms with Gasteiger partial charge in [-0.3, -0.25) is 4.79 Å². The molecule has 0 saturated heterocycles. The minimum absolute atomic E-state index is 0.0585. The maximum atomic E-state index is 12.8. The van der Waals surface area contributed by atoms with Gasteiger partial charge in [0.2, 0.25) is 5.91 Å². The van der Waals surface area contributed by atoms with Gasteiger partial charge >= 0.3 is 5.97 Å². The van der Waals surface area contributed by atoms with E-state index in [2.05, 4.69) is 15.6 Å². The van der Waals surface area contributed by atoms with Crippen LogP contribution >= 0.6 is 11.6 Å². The standard InChI is InChI=1S/C11H8ClFN4O3/c12-7-3-6(13)1-2-8(7)14-10(18)5-17-4-9(11(19)20)15-16-17/h1-4H,5H2,(H,14,18)(H,19,20). The first-order valence-electron chi connectivity index (χ1n) is 5.34. The van der Waals surface area contributed by atoms with Gasteiger partial charge in [-0.15, -0.1) is 5.10 Å². The number of aromatic nitrogens is 3. The van der Waals surface area contributed by atoms with Crippen LogP contribution in [-0.4, -0.2) is 32.0 Å². The highest BCUT2D eigenvalue weighted by Gasteiger charge is 2.12. The van der Waals surface area contributed by atoms with E-state index >= 15 is 0 Å². The van der Waals surface area contributed by atoms with Crippen molar-refractivity contribution in [2.75, 3.05) is 5.32 Å². The lowest BCUT2D eigenvalue weighted by atomic mass is 10.3. The van der Waals surface area contributed by atoms with Crippen LogP contribution in [0, 0.1) is 5.82 Å². The molecule has 0 radical (unpaired) electrons. The van der Waals surface area contributed by atoms with Gasteiger partial charge in [-0.25, -0.2) is 13.9 Å². The monoisotopic (exact) mass is 298 g/mol. The summed E-state index contributed by atoms with van der Waals surface area (Å²) >= 11 is 5.76. The van der Waals surface area contributed by atoms with Gasteiger partial charge in [-0.2, -0.15) is 0 Å². The number of hydrogen-bond acceptors (Lipinski definition) is 4.